The van der Waals surface area contributed by atoms with Crippen LogP contribution in [0.15, 0.2) is 5.38 Å². The van der Waals surface area contributed by atoms with Crippen LogP contribution in [0.4, 0.5) is 0 Å². The zero-order valence-corrected chi connectivity index (χ0v) is 10.3. The lowest BCUT2D eigenvalue weighted by atomic mass is 10.1. The van der Waals surface area contributed by atoms with Crippen molar-refractivity contribution >= 4 is 17.2 Å². The number of nitrogens with one attached hydrogen (secondary N) is 1. The topological polar surface area (TPSA) is 68.0 Å². The minimum Gasteiger partial charge on any atom is -0.343 e. The van der Waals surface area contributed by atoms with Crippen LogP contribution in [0.5, 0.6) is 0 Å². The Labute approximate surface area is 93.9 Å². The molecule has 1 aromatic heterocycles. The number of hydrogen-bond acceptors (Lipinski definition) is 4. The summed E-state index contributed by atoms with van der Waals surface area (Å²) in [6, 6.07) is -0.495. The fourth-order valence-corrected chi connectivity index (χ4v) is 1.99. The maximum atomic E-state index is 11.5. The summed E-state index contributed by atoms with van der Waals surface area (Å²) in [5.74, 6) is -0.159. The summed E-state index contributed by atoms with van der Waals surface area (Å²) in [6.45, 7) is 7.44. The molecule has 3 N–H and O–H groups in total. The van der Waals surface area contributed by atoms with E-state index in [1.165, 1.54) is 0 Å². The van der Waals surface area contributed by atoms with Gasteiger partial charge >= 0.3 is 0 Å². The van der Waals surface area contributed by atoms with Crippen LogP contribution in [0.3, 0.4) is 0 Å². The summed E-state index contributed by atoms with van der Waals surface area (Å²) in [5, 5.41) is 5.73. The van der Waals surface area contributed by atoms with Crippen molar-refractivity contribution < 1.29 is 4.79 Å². The van der Waals surface area contributed by atoms with Crippen molar-refractivity contribution in [2.75, 3.05) is 0 Å². The first-order valence-electron chi connectivity index (χ1n) is 4.83. The van der Waals surface area contributed by atoms with E-state index in [0.717, 1.165) is 10.7 Å². The van der Waals surface area contributed by atoms with Crippen molar-refractivity contribution in [2.24, 2.45) is 5.73 Å². The summed E-state index contributed by atoms with van der Waals surface area (Å²) >= 11 is 1.54. The summed E-state index contributed by atoms with van der Waals surface area (Å²) in [7, 11) is 0. The fourth-order valence-electron chi connectivity index (χ4n) is 1.12. The van der Waals surface area contributed by atoms with E-state index in [9.17, 15) is 4.79 Å². The minimum absolute atomic E-state index is 0.159. The molecule has 4 nitrogen and oxygen atoms in total. The molecule has 84 valence electrons. The second-order valence-corrected chi connectivity index (χ2v) is 5.06. The highest BCUT2D eigenvalue weighted by Gasteiger charge is 2.26. The second-order valence-electron chi connectivity index (χ2n) is 4.20. The minimum atomic E-state index is -0.495. The van der Waals surface area contributed by atoms with Crippen LogP contribution in [-0.4, -0.2) is 16.9 Å². The van der Waals surface area contributed by atoms with Gasteiger partial charge in [0.25, 0.3) is 0 Å². The first-order chi connectivity index (χ1) is 6.83. The van der Waals surface area contributed by atoms with Crippen LogP contribution >= 0.6 is 11.3 Å². The van der Waals surface area contributed by atoms with Crippen molar-refractivity contribution in [3.05, 3.63) is 16.1 Å². The Hall–Kier alpha value is -0.940. The molecule has 0 saturated heterocycles. The molecular weight excluding hydrogens is 210 g/mol. The molecule has 0 aromatic carbocycles. The maximum Gasteiger partial charge on any atom is 0.237 e. The van der Waals surface area contributed by atoms with Crippen LogP contribution in [0.25, 0.3) is 0 Å². The number of thiazole rings is 1. The molecule has 1 aromatic rings. The molecular formula is C10H17N3OS. The standard InChI is InChI=1S/C10H17N3OS/c1-6-5-15-9(12-6)10(3,4)13-8(14)7(2)11/h5,7H,11H2,1-4H3,(H,13,14). The molecule has 0 radical (unpaired) electrons. The highest BCUT2D eigenvalue weighted by atomic mass is 32.1. The molecule has 0 aliphatic rings. The lowest BCUT2D eigenvalue weighted by molar-refractivity contribution is -0.123. The van der Waals surface area contributed by atoms with Gasteiger partial charge in [0.1, 0.15) is 5.01 Å². The maximum absolute atomic E-state index is 11.5. The van der Waals surface area contributed by atoms with Gasteiger partial charge in [0, 0.05) is 11.1 Å². The summed E-state index contributed by atoms with van der Waals surface area (Å²) < 4.78 is 0. The van der Waals surface area contributed by atoms with Crippen LogP contribution in [-0.2, 0) is 10.3 Å². The summed E-state index contributed by atoms with van der Waals surface area (Å²) in [6.07, 6.45) is 0. The normalized spacial score (nSPS) is 13.7. The Morgan fingerprint density at radius 1 is 1.67 bits per heavy atom. The number of rotatable bonds is 3. The Balaban J connectivity index is 2.79. The molecule has 0 bridgehead atoms. The van der Waals surface area contributed by atoms with Crippen molar-refractivity contribution in [1.29, 1.82) is 0 Å². The SMILES string of the molecule is Cc1csc(C(C)(C)NC(=O)C(C)N)n1. The Morgan fingerprint density at radius 3 is 2.67 bits per heavy atom. The van der Waals surface area contributed by atoms with Gasteiger partial charge < -0.3 is 11.1 Å². The Kier molecular flexibility index (Phi) is 3.46. The molecule has 1 heterocycles. The number of aryl methyl sites for hydroxylation is 1. The van der Waals surface area contributed by atoms with Crippen molar-refractivity contribution in [2.45, 2.75) is 39.3 Å². The van der Waals surface area contributed by atoms with Gasteiger partial charge in [-0.3, -0.25) is 4.79 Å². The predicted octanol–water partition coefficient (Wildman–Crippen LogP) is 1.15. The number of carbonyl (C=O) groups is 1. The monoisotopic (exact) mass is 227 g/mol. The second kappa shape index (κ2) is 4.28. The third-order valence-electron chi connectivity index (χ3n) is 2.00. The number of nitrogens with zero attached hydrogens (tertiary/aromatic N) is 1. The van der Waals surface area contributed by atoms with Gasteiger partial charge in [-0.2, -0.15) is 0 Å². The number of aromatic nitrogens is 1. The summed E-state index contributed by atoms with van der Waals surface area (Å²) in [5.41, 5.74) is 6.01. The van der Waals surface area contributed by atoms with Gasteiger partial charge in [-0.1, -0.05) is 0 Å². The zero-order chi connectivity index (χ0) is 11.6. The molecule has 1 rings (SSSR count). The highest BCUT2D eigenvalue weighted by Crippen LogP contribution is 2.23. The van der Waals surface area contributed by atoms with Gasteiger partial charge in [0.15, 0.2) is 0 Å². The molecule has 5 heteroatoms. The Morgan fingerprint density at radius 2 is 2.27 bits per heavy atom. The third kappa shape index (κ3) is 3.00. The molecule has 0 fully saturated rings. The number of nitrogens with two attached hydrogens (primary N) is 1. The Bertz CT molecular complexity index is 357. The van der Waals surface area contributed by atoms with Gasteiger partial charge in [-0.15, -0.1) is 11.3 Å². The first-order valence-corrected chi connectivity index (χ1v) is 5.71. The van der Waals surface area contributed by atoms with Gasteiger partial charge in [-0.05, 0) is 27.7 Å². The molecule has 1 atom stereocenters. The average Bonchev–Trinajstić information content (AvgIpc) is 2.51. The average molecular weight is 227 g/mol. The third-order valence-corrected chi connectivity index (χ3v) is 3.29. The molecule has 1 amide bonds. The van der Waals surface area contributed by atoms with Crippen LogP contribution in [0, 0.1) is 6.92 Å². The highest BCUT2D eigenvalue weighted by molar-refractivity contribution is 7.09. The smallest absolute Gasteiger partial charge is 0.237 e. The van der Waals surface area contributed by atoms with E-state index >= 15 is 0 Å². The molecule has 15 heavy (non-hydrogen) atoms. The van der Waals surface area contributed by atoms with Crippen molar-refractivity contribution in [3.63, 3.8) is 0 Å². The van der Waals surface area contributed by atoms with Gasteiger partial charge in [0.05, 0.1) is 11.6 Å². The lowest BCUT2D eigenvalue weighted by Crippen LogP contribution is -2.47. The van der Waals surface area contributed by atoms with E-state index < -0.39 is 11.6 Å². The molecule has 0 spiro atoms. The number of amides is 1. The van der Waals surface area contributed by atoms with Crippen LogP contribution in [0.2, 0.25) is 0 Å². The number of hydrogen-bond donors (Lipinski definition) is 2. The quantitative estimate of drug-likeness (QED) is 0.814. The lowest BCUT2D eigenvalue weighted by Gasteiger charge is -2.24. The zero-order valence-electron chi connectivity index (χ0n) is 9.50. The molecule has 0 aliphatic heterocycles. The van der Waals surface area contributed by atoms with Crippen molar-refractivity contribution in [1.82, 2.24) is 10.3 Å². The fraction of sp³-hybridized carbons (Fsp3) is 0.600. The van der Waals surface area contributed by atoms with E-state index in [1.807, 2.05) is 26.2 Å². The van der Waals surface area contributed by atoms with E-state index in [1.54, 1.807) is 18.3 Å². The van der Waals surface area contributed by atoms with E-state index in [2.05, 4.69) is 10.3 Å². The van der Waals surface area contributed by atoms with Crippen molar-refractivity contribution in [3.8, 4) is 0 Å². The summed E-state index contributed by atoms with van der Waals surface area (Å²) in [4.78, 5) is 15.8. The first kappa shape index (κ1) is 12.1. The molecule has 0 saturated carbocycles. The van der Waals surface area contributed by atoms with Gasteiger partial charge in [-0.25, -0.2) is 4.98 Å². The van der Waals surface area contributed by atoms with E-state index in [0.29, 0.717) is 0 Å². The molecule has 1 unspecified atom stereocenters. The number of carbonyl (C=O) groups excluding carboxylic acids is 1. The van der Waals surface area contributed by atoms with Crippen LogP contribution < -0.4 is 11.1 Å². The molecule has 0 aliphatic carbocycles. The van der Waals surface area contributed by atoms with E-state index in [4.69, 9.17) is 5.73 Å². The predicted molar refractivity (Wildman–Crippen MR) is 61.7 cm³/mol. The van der Waals surface area contributed by atoms with Gasteiger partial charge in [0.2, 0.25) is 5.91 Å². The largest absolute Gasteiger partial charge is 0.343 e. The van der Waals surface area contributed by atoms with E-state index in [-0.39, 0.29) is 5.91 Å². The van der Waals surface area contributed by atoms with Crippen LogP contribution in [0.1, 0.15) is 31.5 Å².